The molecule has 6 unspecified atom stereocenters. The summed E-state index contributed by atoms with van der Waals surface area (Å²) in [5.41, 5.74) is 0. The number of allylic oxidation sites excluding steroid dienone is 8. The Hall–Kier alpha value is -3.32. The minimum atomic E-state index is -1.91. The molecule has 3 N–H and O–H groups in total. The fourth-order valence-corrected chi connectivity index (χ4v) is 8.91. The zero-order chi connectivity index (χ0) is 53.3. The Morgan fingerprint density at radius 1 is 0.466 bits per heavy atom. The molecule has 1 heterocycles. The number of carbonyl (C=O) groups excluding carboxylic acids is 3. The summed E-state index contributed by atoms with van der Waals surface area (Å²) in [5.74, 6) is -3.20. The van der Waals surface area contributed by atoms with Gasteiger partial charge >= 0.3 is 23.9 Å². The minimum Gasteiger partial charge on any atom is -0.479 e. The Bertz CT molecular complexity index is 1460. The fourth-order valence-electron chi connectivity index (χ4n) is 8.91. The van der Waals surface area contributed by atoms with Crippen LogP contribution in [0.4, 0.5) is 0 Å². The van der Waals surface area contributed by atoms with Gasteiger partial charge in [-0.15, -0.1) is 0 Å². The van der Waals surface area contributed by atoms with E-state index in [2.05, 4.69) is 57.2 Å². The molecule has 12 nitrogen and oxygen atoms in total. The van der Waals surface area contributed by atoms with Crippen molar-refractivity contribution >= 4 is 23.9 Å². The van der Waals surface area contributed by atoms with Crippen LogP contribution in [0.25, 0.3) is 0 Å². The summed E-state index contributed by atoms with van der Waals surface area (Å²) in [6.07, 6.45) is 46.7. The molecule has 422 valence electrons. The van der Waals surface area contributed by atoms with Crippen molar-refractivity contribution in [2.75, 3.05) is 13.2 Å². The summed E-state index contributed by atoms with van der Waals surface area (Å²) in [6.45, 7) is 5.83. The van der Waals surface area contributed by atoms with E-state index in [1.54, 1.807) is 0 Å². The van der Waals surface area contributed by atoms with Crippen LogP contribution in [0.15, 0.2) is 48.6 Å². The molecular weight excluding hydrogens is 925 g/mol. The minimum absolute atomic E-state index is 0.0588. The van der Waals surface area contributed by atoms with Crippen LogP contribution >= 0.6 is 0 Å². The van der Waals surface area contributed by atoms with Crippen molar-refractivity contribution in [3.63, 3.8) is 0 Å². The van der Waals surface area contributed by atoms with Gasteiger partial charge in [0.25, 0.3) is 0 Å². The van der Waals surface area contributed by atoms with Crippen LogP contribution in [0.2, 0.25) is 0 Å². The molecule has 12 heteroatoms. The number of aliphatic hydroxyl groups is 2. The van der Waals surface area contributed by atoms with Gasteiger partial charge in [0.1, 0.15) is 18.8 Å². The lowest BCUT2D eigenvalue weighted by Gasteiger charge is -2.40. The molecule has 1 aliphatic heterocycles. The largest absolute Gasteiger partial charge is 0.479 e. The van der Waals surface area contributed by atoms with Crippen LogP contribution in [0.5, 0.6) is 0 Å². The second-order valence-corrected chi connectivity index (χ2v) is 20.3. The maximum absolute atomic E-state index is 13.1. The van der Waals surface area contributed by atoms with E-state index < -0.39 is 67.3 Å². The first-order valence-corrected chi connectivity index (χ1v) is 29.6. The van der Waals surface area contributed by atoms with Crippen molar-refractivity contribution in [2.24, 2.45) is 0 Å². The molecule has 1 saturated heterocycles. The van der Waals surface area contributed by atoms with Gasteiger partial charge in [-0.25, -0.2) is 4.79 Å². The van der Waals surface area contributed by atoms with Gasteiger partial charge in [0.05, 0.1) is 6.61 Å². The van der Waals surface area contributed by atoms with E-state index in [-0.39, 0.29) is 25.9 Å². The van der Waals surface area contributed by atoms with E-state index in [0.717, 1.165) is 70.6 Å². The van der Waals surface area contributed by atoms with Crippen molar-refractivity contribution in [1.29, 1.82) is 0 Å². The zero-order valence-electron chi connectivity index (χ0n) is 46.4. The molecule has 1 rings (SSSR count). The first-order chi connectivity index (χ1) is 35.6. The molecular formula is C61H106O12. The van der Waals surface area contributed by atoms with E-state index in [9.17, 15) is 34.5 Å². The van der Waals surface area contributed by atoms with Crippen molar-refractivity contribution < 1.29 is 58.2 Å². The number of carboxylic acid groups (broad SMARTS) is 1. The highest BCUT2D eigenvalue weighted by Crippen LogP contribution is 2.26. The van der Waals surface area contributed by atoms with E-state index in [4.69, 9.17) is 23.7 Å². The lowest BCUT2D eigenvalue weighted by atomic mass is 9.98. The monoisotopic (exact) mass is 1030 g/mol. The third kappa shape index (κ3) is 39.7. The molecule has 73 heavy (non-hydrogen) atoms. The molecule has 0 aromatic rings. The van der Waals surface area contributed by atoms with Gasteiger partial charge < -0.3 is 39.0 Å². The van der Waals surface area contributed by atoms with E-state index in [0.29, 0.717) is 19.3 Å². The highest BCUT2D eigenvalue weighted by Gasteiger charge is 2.50. The number of aliphatic carboxylic acids is 1. The highest BCUT2D eigenvalue weighted by molar-refractivity contribution is 5.74. The summed E-state index contributed by atoms with van der Waals surface area (Å²) in [6, 6.07) is 0. The summed E-state index contributed by atoms with van der Waals surface area (Å²) < 4.78 is 28.3. The third-order valence-corrected chi connectivity index (χ3v) is 13.4. The maximum Gasteiger partial charge on any atom is 0.335 e. The quantitative estimate of drug-likeness (QED) is 0.0228. The lowest BCUT2D eigenvalue weighted by molar-refractivity contribution is -0.301. The Morgan fingerprint density at radius 3 is 1.29 bits per heavy atom. The Kier molecular flexibility index (Phi) is 45.9. The molecule has 1 aliphatic rings. The molecule has 0 aromatic heterocycles. The van der Waals surface area contributed by atoms with Gasteiger partial charge in [-0.1, -0.05) is 249 Å². The smallest absolute Gasteiger partial charge is 0.335 e. The molecule has 0 saturated carbocycles. The van der Waals surface area contributed by atoms with Crippen LogP contribution < -0.4 is 0 Å². The maximum atomic E-state index is 13.1. The molecule has 0 bridgehead atoms. The summed E-state index contributed by atoms with van der Waals surface area (Å²) in [5, 5.41) is 31.5. The van der Waals surface area contributed by atoms with Crippen LogP contribution in [0, 0.1) is 0 Å². The normalized spacial score (nSPS) is 18.6. The lowest BCUT2D eigenvalue weighted by Crippen LogP contribution is -2.61. The predicted molar refractivity (Wildman–Crippen MR) is 294 cm³/mol. The van der Waals surface area contributed by atoms with Crippen molar-refractivity contribution in [3.8, 4) is 0 Å². The number of hydrogen-bond acceptors (Lipinski definition) is 11. The number of hydrogen-bond donors (Lipinski definition) is 3. The van der Waals surface area contributed by atoms with Gasteiger partial charge in [-0.05, 0) is 44.9 Å². The summed E-state index contributed by atoms with van der Waals surface area (Å²) in [7, 11) is 0. The van der Waals surface area contributed by atoms with Gasteiger partial charge in [-0.3, -0.25) is 14.4 Å². The van der Waals surface area contributed by atoms with Crippen molar-refractivity contribution in [3.05, 3.63) is 48.6 Å². The molecule has 1 fully saturated rings. The van der Waals surface area contributed by atoms with Gasteiger partial charge in [0.2, 0.25) is 0 Å². The van der Waals surface area contributed by atoms with Crippen LogP contribution in [0.1, 0.15) is 265 Å². The van der Waals surface area contributed by atoms with Crippen LogP contribution in [0.3, 0.4) is 0 Å². The average Bonchev–Trinajstić information content (AvgIpc) is 3.37. The zero-order valence-corrected chi connectivity index (χ0v) is 46.4. The fraction of sp³-hybridized carbons (Fsp3) is 0.803. The number of esters is 3. The van der Waals surface area contributed by atoms with E-state index in [1.807, 2.05) is 12.2 Å². The standard InChI is InChI=1S/C61H106O12/c1-4-7-10-13-16-19-22-25-26-27-28-31-34-37-40-43-46-49-55(64)72-59-57(66)56(65)58(60(67)68)73-61(59)70-51-52(71-54(63)48-45-42-39-36-33-30-24-21-18-15-12-9-6-3)50-69-53(62)47-44-41-38-35-32-29-23-20-17-14-11-8-5-2/h8,11,17,20,29,32,38,41,52,56-59,61,65-66H,4-7,9-10,12-16,18-19,21-28,30-31,33-37,39-40,42-51H2,1-3H3,(H,67,68)/b11-8-,20-17-,32-29-,41-38-. The van der Waals surface area contributed by atoms with E-state index >= 15 is 0 Å². The Morgan fingerprint density at radius 2 is 0.863 bits per heavy atom. The highest BCUT2D eigenvalue weighted by atomic mass is 16.7. The second kappa shape index (κ2) is 49.6. The third-order valence-electron chi connectivity index (χ3n) is 13.4. The Balaban J connectivity index is 2.70. The van der Waals surface area contributed by atoms with Gasteiger partial charge in [0.15, 0.2) is 24.6 Å². The number of rotatable bonds is 50. The molecule has 0 amide bonds. The molecule has 0 radical (unpaired) electrons. The number of carbonyl (C=O) groups is 4. The molecule has 6 atom stereocenters. The van der Waals surface area contributed by atoms with Gasteiger partial charge in [0, 0.05) is 19.3 Å². The molecule has 0 spiro atoms. The molecule has 0 aromatic carbocycles. The first kappa shape index (κ1) is 67.7. The number of aliphatic hydroxyl groups excluding tert-OH is 2. The summed E-state index contributed by atoms with van der Waals surface area (Å²) >= 11 is 0. The van der Waals surface area contributed by atoms with Crippen molar-refractivity contribution in [1.82, 2.24) is 0 Å². The van der Waals surface area contributed by atoms with Crippen molar-refractivity contribution in [2.45, 2.75) is 302 Å². The number of carboxylic acids is 1. The first-order valence-electron chi connectivity index (χ1n) is 29.6. The van der Waals surface area contributed by atoms with Gasteiger partial charge in [-0.2, -0.15) is 0 Å². The predicted octanol–water partition coefficient (Wildman–Crippen LogP) is 15.0. The average molecular weight is 1030 g/mol. The second-order valence-electron chi connectivity index (χ2n) is 20.3. The SMILES string of the molecule is CC/C=C\C/C=C\C/C=C\C/C=C\CCC(=O)OCC(COC1OC(C(=O)O)C(O)C(O)C1OC(=O)CCCCCCCCCCCCCCCCCCC)OC(=O)CCCCCCCCCCCCCCC. The van der Waals surface area contributed by atoms with Crippen LogP contribution in [-0.2, 0) is 42.9 Å². The van der Waals surface area contributed by atoms with E-state index in [1.165, 1.54) is 135 Å². The number of unbranched alkanes of at least 4 members (excludes halogenated alkanes) is 28. The summed E-state index contributed by atoms with van der Waals surface area (Å²) in [4.78, 5) is 51.0. The molecule has 0 aliphatic carbocycles. The van der Waals surface area contributed by atoms with Crippen LogP contribution in [-0.4, -0.2) is 89.2 Å². The Labute approximate surface area is 443 Å². The topological polar surface area (TPSA) is 175 Å². The number of ether oxygens (including phenoxy) is 5.